The zero-order valence-electron chi connectivity index (χ0n) is 19.8. The Hall–Kier alpha value is -3.32. The maximum absolute atomic E-state index is 12.4. The van der Waals surface area contributed by atoms with Crippen LogP contribution in [0.5, 0.6) is 11.5 Å². The minimum absolute atomic E-state index is 0.0537. The number of nitrogens with zero attached hydrogens (tertiary/aromatic N) is 2. The number of rotatable bonds is 8. The summed E-state index contributed by atoms with van der Waals surface area (Å²) >= 11 is 0. The number of piperidine rings is 1. The third kappa shape index (κ3) is 4.53. The van der Waals surface area contributed by atoms with Crippen molar-refractivity contribution >= 4 is 22.5 Å². The van der Waals surface area contributed by atoms with E-state index in [0.717, 1.165) is 78.4 Å². The molecule has 34 heavy (non-hydrogen) atoms. The number of hydrogen-bond acceptors (Lipinski definition) is 6. The average Bonchev–Trinajstić information content (AvgIpc) is 3.31. The summed E-state index contributed by atoms with van der Waals surface area (Å²) in [6.45, 7) is 4.02. The van der Waals surface area contributed by atoms with E-state index in [4.69, 9.17) is 14.5 Å². The molecule has 2 unspecified atom stereocenters. The van der Waals surface area contributed by atoms with E-state index >= 15 is 0 Å². The molecule has 3 aromatic rings. The Morgan fingerprint density at radius 2 is 1.94 bits per heavy atom. The van der Waals surface area contributed by atoms with Gasteiger partial charge < -0.3 is 25.0 Å². The molecular weight excluding hydrogens is 428 g/mol. The van der Waals surface area contributed by atoms with Crippen molar-refractivity contribution < 1.29 is 14.3 Å². The van der Waals surface area contributed by atoms with Crippen molar-refractivity contribution in [3.8, 4) is 22.8 Å². The Kier molecular flexibility index (Phi) is 6.54. The van der Waals surface area contributed by atoms with Crippen LogP contribution in [0.25, 0.3) is 22.2 Å². The van der Waals surface area contributed by atoms with Crippen LogP contribution in [-0.4, -0.2) is 57.8 Å². The van der Waals surface area contributed by atoms with Gasteiger partial charge in [0.15, 0.2) is 0 Å². The highest BCUT2D eigenvalue weighted by Crippen LogP contribution is 2.38. The molecule has 2 N–H and O–H groups in total. The molecule has 2 aliphatic heterocycles. The molecule has 0 bridgehead atoms. The standard InChI is InChI=1S/C27H32N4O3/c1-28-11-3-13-34-20-6-4-18(5-7-20)24-15-26(22-9-8-21(33-2)14-25(22)30-24)31-16-19-10-12-29-27(32)23(19)17-31/h4-9,14-15,19,23,28H,3,10-13,16-17H2,1-2H3,(H,29,32). The molecule has 2 atom stereocenters. The first-order valence-electron chi connectivity index (χ1n) is 12.1. The molecular formula is C27H32N4O3. The average molecular weight is 461 g/mol. The van der Waals surface area contributed by atoms with Crippen LogP contribution in [0.3, 0.4) is 0 Å². The van der Waals surface area contributed by atoms with E-state index in [2.05, 4.69) is 39.8 Å². The van der Waals surface area contributed by atoms with Crippen molar-refractivity contribution in [2.45, 2.75) is 12.8 Å². The van der Waals surface area contributed by atoms with Crippen LogP contribution in [0.2, 0.25) is 0 Å². The number of hydrogen-bond donors (Lipinski definition) is 2. The number of nitrogens with one attached hydrogen (secondary N) is 2. The lowest BCUT2D eigenvalue weighted by Gasteiger charge is -2.23. The number of anilines is 1. The van der Waals surface area contributed by atoms with Crippen LogP contribution >= 0.6 is 0 Å². The van der Waals surface area contributed by atoms with Crippen LogP contribution in [0, 0.1) is 11.8 Å². The molecule has 2 aromatic carbocycles. The first-order valence-corrected chi connectivity index (χ1v) is 12.1. The van der Waals surface area contributed by atoms with E-state index in [1.54, 1.807) is 7.11 Å². The minimum atomic E-state index is 0.0537. The SMILES string of the molecule is CNCCCOc1ccc(-c2cc(N3CC4CCNC(=O)C4C3)c3ccc(OC)cc3n2)cc1. The number of ether oxygens (including phenoxy) is 2. The van der Waals surface area contributed by atoms with Crippen LogP contribution in [-0.2, 0) is 4.79 Å². The van der Waals surface area contributed by atoms with Crippen LogP contribution in [0.15, 0.2) is 48.5 Å². The highest BCUT2D eigenvalue weighted by molar-refractivity contribution is 5.95. The second-order valence-electron chi connectivity index (χ2n) is 9.09. The van der Waals surface area contributed by atoms with Crippen LogP contribution in [0.4, 0.5) is 5.69 Å². The summed E-state index contributed by atoms with van der Waals surface area (Å²) in [6.07, 6.45) is 2.00. The van der Waals surface area contributed by atoms with Crippen molar-refractivity contribution in [2.24, 2.45) is 11.8 Å². The third-order valence-electron chi connectivity index (χ3n) is 6.92. The van der Waals surface area contributed by atoms with E-state index in [1.165, 1.54) is 0 Å². The summed E-state index contributed by atoms with van der Waals surface area (Å²) in [6, 6.07) is 16.3. The third-order valence-corrected chi connectivity index (χ3v) is 6.92. The van der Waals surface area contributed by atoms with Gasteiger partial charge in [-0.05, 0) is 74.8 Å². The molecule has 7 heteroatoms. The fourth-order valence-electron chi connectivity index (χ4n) is 5.06. The van der Waals surface area contributed by atoms with Crippen LogP contribution in [0.1, 0.15) is 12.8 Å². The fraction of sp³-hybridized carbons (Fsp3) is 0.407. The van der Waals surface area contributed by atoms with E-state index in [9.17, 15) is 4.79 Å². The maximum Gasteiger partial charge on any atom is 0.225 e. The van der Waals surface area contributed by atoms with Gasteiger partial charge >= 0.3 is 0 Å². The van der Waals surface area contributed by atoms with Gasteiger partial charge in [-0.15, -0.1) is 0 Å². The van der Waals surface area contributed by atoms with Crippen molar-refractivity contribution in [1.29, 1.82) is 0 Å². The first-order chi connectivity index (χ1) is 16.7. The zero-order valence-corrected chi connectivity index (χ0v) is 19.8. The summed E-state index contributed by atoms with van der Waals surface area (Å²) in [7, 11) is 3.62. The second-order valence-corrected chi connectivity index (χ2v) is 9.09. The predicted octanol–water partition coefficient (Wildman–Crippen LogP) is 3.47. The smallest absolute Gasteiger partial charge is 0.225 e. The number of fused-ring (bicyclic) bond motifs is 2. The lowest BCUT2D eigenvalue weighted by atomic mass is 9.89. The Morgan fingerprint density at radius 1 is 1.12 bits per heavy atom. The predicted molar refractivity (Wildman–Crippen MR) is 135 cm³/mol. The van der Waals surface area contributed by atoms with Gasteiger partial charge in [-0.25, -0.2) is 4.98 Å². The summed E-state index contributed by atoms with van der Waals surface area (Å²) in [4.78, 5) is 19.8. The Labute approximate surface area is 200 Å². The fourth-order valence-corrected chi connectivity index (χ4v) is 5.06. The Morgan fingerprint density at radius 3 is 2.71 bits per heavy atom. The molecule has 7 nitrogen and oxygen atoms in total. The number of pyridine rings is 1. The Bertz CT molecular complexity index is 1160. The molecule has 3 heterocycles. The molecule has 5 rings (SSSR count). The number of carbonyl (C=O) groups is 1. The number of methoxy groups -OCH3 is 1. The van der Waals surface area contributed by atoms with E-state index in [-0.39, 0.29) is 11.8 Å². The van der Waals surface area contributed by atoms with Gasteiger partial charge in [0.05, 0.1) is 30.8 Å². The van der Waals surface area contributed by atoms with Gasteiger partial charge in [0.25, 0.3) is 0 Å². The summed E-state index contributed by atoms with van der Waals surface area (Å²) < 4.78 is 11.3. The van der Waals surface area contributed by atoms with Crippen molar-refractivity contribution in [3.05, 3.63) is 48.5 Å². The largest absolute Gasteiger partial charge is 0.497 e. The topological polar surface area (TPSA) is 75.7 Å². The molecule has 0 aliphatic carbocycles. The monoisotopic (exact) mass is 460 g/mol. The molecule has 0 saturated carbocycles. The zero-order chi connectivity index (χ0) is 23.5. The minimum Gasteiger partial charge on any atom is -0.497 e. The number of amides is 1. The molecule has 0 radical (unpaired) electrons. The van der Waals surface area contributed by atoms with Crippen molar-refractivity contribution in [1.82, 2.24) is 15.6 Å². The number of aromatic nitrogens is 1. The maximum atomic E-state index is 12.4. The summed E-state index contributed by atoms with van der Waals surface area (Å²) in [5, 5.41) is 7.24. The molecule has 2 fully saturated rings. The highest BCUT2D eigenvalue weighted by Gasteiger charge is 2.40. The van der Waals surface area contributed by atoms with Gasteiger partial charge in [-0.2, -0.15) is 0 Å². The van der Waals surface area contributed by atoms with Gasteiger partial charge in [0, 0.05) is 42.3 Å². The van der Waals surface area contributed by atoms with Gasteiger partial charge in [0.1, 0.15) is 11.5 Å². The molecule has 1 amide bonds. The van der Waals surface area contributed by atoms with Gasteiger partial charge in [-0.1, -0.05) is 0 Å². The van der Waals surface area contributed by atoms with Crippen LogP contribution < -0.4 is 25.0 Å². The van der Waals surface area contributed by atoms with Crippen molar-refractivity contribution in [3.63, 3.8) is 0 Å². The quantitative estimate of drug-likeness (QED) is 0.502. The van der Waals surface area contributed by atoms with E-state index in [0.29, 0.717) is 12.5 Å². The van der Waals surface area contributed by atoms with Gasteiger partial charge in [-0.3, -0.25) is 4.79 Å². The lowest BCUT2D eigenvalue weighted by molar-refractivity contribution is -0.127. The molecule has 178 valence electrons. The summed E-state index contributed by atoms with van der Waals surface area (Å²) in [5.41, 5.74) is 3.94. The summed E-state index contributed by atoms with van der Waals surface area (Å²) in [5.74, 6) is 2.28. The lowest BCUT2D eigenvalue weighted by Crippen LogP contribution is -2.41. The van der Waals surface area contributed by atoms with Gasteiger partial charge in [0.2, 0.25) is 5.91 Å². The number of carbonyl (C=O) groups excluding carboxylic acids is 1. The molecule has 1 aromatic heterocycles. The molecule has 2 aliphatic rings. The second kappa shape index (κ2) is 9.89. The van der Waals surface area contributed by atoms with Crippen molar-refractivity contribution in [2.75, 3.05) is 51.8 Å². The normalized spacial score (nSPS) is 19.7. The molecule has 2 saturated heterocycles. The first kappa shape index (κ1) is 22.5. The molecule has 0 spiro atoms. The number of benzene rings is 2. The van der Waals surface area contributed by atoms with E-state index < -0.39 is 0 Å². The highest BCUT2D eigenvalue weighted by atomic mass is 16.5. The Balaban J connectivity index is 1.47. The van der Waals surface area contributed by atoms with E-state index in [1.807, 2.05) is 31.3 Å².